The van der Waals surface area contributed by atoms with Crippen LogP contribution in [0.3, 0.4) is 0 Å². The molecule has 3 aliphatic rings. The number of nitrogens with zero attached hydrogens (tertiary/aromatic N) is 1. The fourth-order valence-electron chi connectivity index (χ4n) is 8.81. The van der Waals surface area contributed by atoms with Crippen molar-refractivity contribution < 1.29 is 0 Å². The van der Waals surface area contributed by atoms with Crippen molar-refractivity contribution in [3.8, 4) is 33.4 Å². The van der Waals surface area contributed by atoms with E-state index in [2.05, 4.69) is 194 Å². The summed E-state index contributed by atoms with van der Waals surface area (Å²) in [4.78, 5) is 2.51. The summed E-state index contributed by atoms with van der Waals surface area (Å²) in [5.41, 5.74) is 19.3. The summed E-state index contributed by atoms with van der Waals surface area (Å²) in [6.45, 7) is 9.53. The van der Waals surface area contributed by atoms with Gasteiger partial charge in [-0.3, -0.25) is 0 Å². The maximum Gasteiger partial charge on any atom is 0.0543 e. The second-order valence-corrected chi connectivity index (χ2v) is 15.9. The quantitative estimate of drug-likeness (QED) is 0.172. The van der Waals surface area contributed by atoms with Crippen molar-refractivity contribution in [1.82, 2.24) is 0 Å². The lowest BCUT2D eigenvalue weighted by Crippen LogP contribution is -2.18. The monoisotopic (exact) mass is 709 g/mol. The Morgan fingerprint density at radius 3 is 1.94 bits per heavy atom. The average Bonchev–Trinajstić information content (AvgIpc) is 3.52. The topological polar surface area (TPSA) is 3.24 Å². The molecular weight excluding hydrogens is 670 g/mol. The number of hydrogen-bond acceptors (Lipinski definition) is 1. The molecule has 0 radical (unpaired) electrons. The minimum Gasteiger partial charge on any atom is -0.310 e. The van der Waals surface area contributed by atoms with Crippen LogP contribution in [0.2, 0.25) is 0 Å². The van der Waals surface area contributed by atoms with Gasteiger partial charge in [-0.15, -0.1) is 0 Å². The normalized spacial score (nSPS) is 16.1. The van der Waals surface area contributed by atoms with Crippen LogP contribution < -0.4 is 4.90 Å². The minimum atomic E-state index is -0.0864. The highest BCUT2D eigenvalue weighted by Gasteiger charge is 2.40. The van der Waals surface area contributed by atoms with Crippen LogP contribution in [0.4, 0.5) is 17.1 Å². The molecule has 50 heavy (non-hydrogen) atoms. The van der Waals surface area contributed by atoms with Crippen molar-refractivity contribution in [3.63, 3.8) is 0 Å². The van der Waals surface area contributed by atoms with E-state index in [-0.39, 0.29) is 10.8 Å². The zero-order chi connectivity index (χ0) is 34.2. The summed E-state index contributed by atoms with van der Waals surface area (Å²) >= 11 is 3.66. The molecular formula is C48H40BrN. The van der Waals surface area contributed by atoms with Crippen molar-refractivity contribution in [2.75, 3.05) is 4.90 Å². The van der Waals surface area contributed by atoms with E-state index in [0.29, 0.717) is 0 Å². The van der Waals surface area contributed by atoms with Crippen LogP contribution in [-0.4, -0.2) is 0 Å². The van der Waals surface area contributed by atoms with Crippen LogP contribution in [0.15, 0.2) is 156 Å². The molecule has 0 atom stereocenters. The summed E-state index contributed by atoms with van der Waals surface area (Å²) in [6, 6.07) is 49.6. The van der Waals surface area contributed by atoms with Crippen LogP contribution >= 0.6 is 15.9 Å². The van der Waals surface area contributed by atoms with Crippen molar-refractivity contribution >= 4 is 38.6 Å². The first-order chi connectivity index (χ1) is 24.2. The molecule has 0 N–H and O–H groups in total. The number of halogens is 1. The molecule has 0 saturated heterocycles. The van der Waals surface area contributed by atoms with Gasteiger partial charge >= 0.3 is 0 Å². The summed E-state index contributed by atoms with van der Waals surface area (Å²) in [5, 5.41) is 0. The minimum absolute atomic E-state index is 0.0504. The van der Waals surface area contributed by atoms with Crippen molar-refractivity contribution in [2.45, 2.75) is 51.4 Å². The lowest BCUT2D eigenvalue weighted by atomic mass is 9.80. The van der Waals surface area contributed by atoms with E-state index in [9.17, 15) is 0 Å². The highest BCUT2D eigenvalue weighted by Crippen LogP contribution is 2.56. The molecule has 0 aliphatic heterocycles. The standard InChI is InChI=1S/C48H40BrN/c1-47(2)42-22-8-6-20-40(42)46-43(47)23-12-24-45(46)50(37-25-26-39-38-19-5-7-21-41(38)48(3,4)44(39)30-37)36-18-11-16-34(29-36)32-14-9-13-31(27-32)33-15-10-17-35(49)28-33/h6,8-30H,5,7H2,1-4H3. The molecule has 2 heteroatoms. The Bertz CT molecular complexity index is 2400. The first-order valence-corrected chi connectivity index (χ1v) is 18.6. The number of allylic oxidation sites excluding steroid dienone is 4. The molecule has 0 bridgehead atoms. The predicted octanol–water partition coefficient (Wildman–Crippen LogP) is 14.0. The fraction of sp³-hybridized carbons (Fsp3) is 0.167. The number of anilines is 3. The third-order valence-corrected chi connectivity index (χ3v) is 11.8. The Labute approximate surface area is 304 Å². The maximum atomic E-state index is 3.66. The summed E-state index contributed by atoms with van der Waals surface area (Å²) in [7, 11) is 0. The van der Waals surface area contributed by atoms with Crippen molar-refractivity contribution in [1.29, 1.82) is 0 Å². The molecule has 0 saturated carbocycles. The van der Waals surface area contributed by atoms with Crippen LogP contribution in [0.25, 0.3) is 39.0 Å². The smallest absolute Gasteiger partial charge is 0.0543 e. The van der Waals surface area contributed by atoms with E-state index in [1.807, 2.05) is 0 Å². The third kappa shape index (κ3) is 4.80. The van der Waals surface area contributed by atoms with Gasteiger partial charge in [0.25, 0.3) is 0 Å². The molecule has 0 heterocycles. The lowest BCUT2D eigenvalue weighted by Gasteiger charge is -2.30. The number of hydrogen-bond donors (Lipinski definition) is 0. The zero-order valence-corrected chi connectivity index (χ0v) is 30.7. The molecule has 9 rings (SSSR count). The lowest BCUT2D eigenvalue weighted by molar-refractivity contribution is 0.654. The Morgan fingerprint density at radius 1 is 0.500 bits per heavy atom. The largest absolute Gasteiger partial charge is 0.310 e. The third-order valence-electron chi connectivity index (χ3n) is 11.3. The molecule has 6 aromatic rings. The van der Waals surface area contributed by atoms with Crippen LogP contribution in [-0.2, 0) is 10.8 Å². The maximum absolute atomic E-state index is 3.66. The first-order valence-electron chi connectivity index (χ1n) is 17.8. The van der Waals surface area contributed by atoms with Gasteiger partial charge in [0.1, 0.15) is 0 Å². The van der Waals surface area contributed by atoms with Gasteiger partial charge in [0.05, 0.1) is 5.69 Å². The van der Waals surface area contributed by atoms with Crippen molar-refractivity contribution in [3.05, 3.63) is 178 Å². The molecule has 3 aliphatic carbocycles. The number of rotatable bonds is 5. The van der Waals surface area contributed by atoms with E-state index in [1.165, 1.54) is 78.2 Å². The van der Waals surface area contributed by atoms with E-state index in [4.69, 9.17) is 0 Å². The van der Waals surface area contributed by atoms with Gasteiger partial charge in [0, 0.05) is 32.2 Å². The van der Waals surface area contributed by atoms with Gasteiger partial charge < -0.3 is 4.90 Å². The first kappa shape index (κ1) is 31.1. The molecule has 0 fully saturated rings. The van der Waals surface area contributed by atoms with Gasteiger partial charge in [-0.05, 0) is 123 Å². The Hall–Kier alpha value is -4.92. The molecule has 0 amide bonds. The van der Waals surface area contributed by atoms with Gasteiger partial charge in [-0.1, -0.05) is 141 Å². The number of benzene rings is 6. The Balaban J connectivity index is 1.25. The highest BCUT2D eigenvalue weighted by molar-refractivity contribution is 9.10. The molecule has 0 spiro atoms. The van der Waals surface area contributed by atoms with Gasteiger partial charge in [-0.25, -0.2) is 0 Å². The van der Waals surface area contributed by atoms with Gasteiger partial charge in [0.15, 0.2) is 0 Å². The van der Waals surface area contributed by atoms with Crippen LogP contribution in [0.5, 0.6) is 0 Å². The van der Waals surface area contributed by atoms with E-state index in [1.54, 1.807) is 0 Å². The predicted molar refractivity (Wildman–Crippen MR) is 216 cm³/mol. The van der Waals surface area contributed by atoms with Gasteiger partial charge in [0.2, 0.25) is 0 Å². The Kier molecular flexibility index (Phi) is 7.20. The molecule has 6 aromatic carbocycles. The number of fused-ring (bicyclic) bond motifs is 6. The zero-order valence-electron chi connectivity index (χ0n) is 29.1. The SMILES string of the molecule is CC1(C)C2=CCCC=C2c2ccc(N(c3cccc(-c4cccc(-c5cccc(Br)c5)c4)c3)c3cccc4c3-c3ccccc3C4(C)C)cc21. The molecule has 244 valence electrons. The van der Waals surface area contributed by atoms with Gasteiger partial charge in [-0.2, -0.15) is 0 Å². The van der Waals surface area contributed by atoms with Crippen molar-refractivity contribution in [2.24, 2.45) is 0 Å². The second-order valence-electron chi connectivity index (χ2n) is 15.0. The molecule has 0 aromatic heterocycles. The van der Waals surface area contributed by atoms with Crippen LogP contribution in [0, 0.1) is 0 Å². The summed E-state index contributed by atoms with van der Waals surface area (Å²) in [5.74, 6) is 0. The summed E-state index contributed by atoms with van der Waals surface area (Å²) in [6.07, 6.45) is 7.16. The Morgan fingerprint density at radius 2 is 1.14 bits per heavy atom. The average molecular weight is 711 g/mol. The van der Waals surface area contributed by atoms with E-state index >= 15 is 0 Å². The molecule has 0 unspecified atom stereocenters. The van der Waals surface area contributed by atoms with E-state index < -0.39 is 0 Å². The van der Waals surface area contributed by atoms with Crippen LogP contribution in [0.1, 0.15) is 62.8 Å². The molecule has 1 nitrogen and oxygen atoms in total. The van der Waals surface area contributed by atoms with E-state index in [0.717, 1.165) is 23.0 Å². The highest BCUT2D eigenvalue weighted by atomic mass is 79.9. The summed E-state index contributed by atoms with van der Waals surface area (Å²) < 4.78 is 1.09. The second kappa shape index (κ2) is 11.6. The fourth-order valence-corrected chi connectivity index (χ4v) is 9.21.